The van der Waals surface area contributed by atoms with Crippen LogP contribution in [0, 0.1) is 0 Å². The lowest BCUT2D eigenvalue weighted by Crippen LogP contribution is -2.46. The summed E-state index contributed by atoms with van der Waals surface area (Å²) in [7, 11) is 0. The number of nitrogens with one attached hydrogen (secondary N) is 1. The molecular formula is C23H27ClN6O. The first-order valence-corrected chi connectivity index (χ1v) is 11.1. The summed E-state index contributed by atoms with van der Waals surface area (Å²) in [4.78, 5) is 17.3. The van der Waals surface area contributed by atoms with Crippen LogP contribution in [0.2, 0.25) is 5.02 Å². The molecule has 1 aliphatic heterocycles. The van der Waals surface area contributed by atoms with E-state index >= 15 is 0 Å². The number of rotatable bonds is 8. The normalized spacial score (nSPS) is 14.5. The maximum Gasteiger partial charge on any atom is 0.273 e. The maximum absolute atomic E-state index is 12.3. The average Bonchev–Trinajstić information content (AvgIpc) is 3.30. The molecule has 1 N–H and O–H groups in total. The highest BCUT2D eigenvalue weighted by molar-refractivity contribution is 6.32. The van der Waals surface area contributed by atoms with E-state index in [1.54, 1.807) is 12.3 Å². The summed E-state index contributed by atoms with van der Waals surface area (Å²) in [5, 5.41) is 11.5. The summed E-state index contributed by atoms with van der Waals surface area (Å²) >= 11 is 6.17. The zero-order chi connectivity index (χ0) is 21.5. The van der Waals surface area contributed by atoms with Crippen LogP contribution in [0.25, 0.3) is 5.69 Å². The van der Waals surface area contributed by atoms with Crippen molar-refractivity contribution in [1.29, 1.82) is 0 Å². The number of anilines is 1. The molecule has 0 spiro atoms. The van der Waals surface area contributed by atoms with Crippen LogP contribution >= 0.6 is 11.6 Å². The Bertz CT molecular complexity index is 984. The van der Waals surface area contributed by atoms with Crippen LogP contribution in [0.1, 0.15) is 23.3 Å². The van der Waals surface area contributed by atoms with Gasteiger partial charge >= 0.3 is 0 Å². The summed E-state index contributed by atoms with van der Waals surface area (Å²) in [5.41, 5.74) is 2.29. The van der Waals surface area contributed by atoms with Crippen LogP contribution in [0.4, 0.5) is 5.69 Å². The van der Waals surface area contributed by atoms with Gasteiger partial charge < -0.3 is 10.2 Å². The molecule has 0 radical (unpaired) electrons. The fraction of sp³-hybridized carbons (Fsp3) is 0.348. The summed E-state index contributed by atoms with van der Waals surface area (Å²) in [6.07, 6.45) is 3.59. The Kier molecular flexibility index (Phi) is 7.17. The fourth-order valence-corrected chi connectivity index (χ4v) is 3.97. The third kappa shape index (κ3) is 5.62. The predicted octanol–water partition coefficient (Wildman–Crippen LogP) is 3.25. The first kappa shape index (κ1) is 21.3. The zero-order valence-corrected chi connectivity index (χ0v) is 18.2. The van der Waals surface area contributed by atoms with Crippen LogP contribution in [-0.4, -0.2) is 65.1 Å². The predicted molar refractivity (Wildman–Crippen MR) is 123 cm³/mol. The van der Waals surface area contributed by atoms with Crippen molar-refractivity contribution < 1.29 is 4.79 Å². The first-order chi connectivity index (χ1) is 15.2. The minimum absolute atomic E-state index is 0.213. The van der Waals surface area contributed by atoms with Gasteiger partial charge in [0.15, 0.2) is 5.69 Å². The molecule has 1 saturated heterocycles. The van der Waals surface area contributed by atoms with Gasteiger partial charge in [0.25, 0.3) is 5.91 Å². The summed E-state index contributed by atoms with van der Waals surface area (Å²) < 4.78 is 1.52. The van der Waals surface area contributed by atoms with Crippen LogP contribution in [0.15, 0.2) is 60.8 Å². The molecule has 0 saturated carbocycles. The second-order valence-electron chi connectivity index (χ2n) is 7.63. The summed E-state index contributed by atoms with van der Waals surface area (Å²) in [6, 6.07) is 17.9. The number of piperazine rings is 1. The van der Waals surface area contributed by atoms with Gasteiger partial charge in [0.05, 0.1) is 16.9 Å². The molecule has 0 bridgehead atoms. The lowest BCUT2D eigenvalue weighted by atomic mass is 10.2. The molecule has 31 heavy (non-hydrogen) atoms. The minimum atomic E-state index is -0.213. The van der Waals surface area contributed by atoms with E-state index in [1.807, 2.05) is 18.2 Å². The Morgan fingerprint density at radius 1 is 0.968 bits per heavy atom. The second-order valence-corrected chi connectivity index (χ2v) is 8.03. The topological polar surface area (TPSA) is 66.3 Å². The molecule has 3 aromatic rings. The number of benzene rings is 2. The molecule has 8 heteroatoms. The number of unbranched alkanes of at least 4 members (excludes halogenated alkanes) is 1. The maximum atomic E-state index is 12.3. The van der Waals surface area contributed by atoms with E-state index in [9.17, 15) is 4.79 Å². The van der Waals surface area contributed by atoms with Gasteiger partial charge in [-0.1, -0.05) is 47.1 Å². The minimum Gasteiger partial charge on any atom is -0.369 e. The van der Waals surface area contributed by atoms with Gasteiger partial charge in [0.1, 0.15) is 0 Å². The lowest BCUT2D eigenvalue weighted by molar-refractivity contribution is 0.0947. The van der Waals surface area contributed by atoms with Crippen LogP contribution in [0.5, 0.6) is 0 Å². The van der Waals surface area contributed by atoms with Gasteiger partial charge in [-0.25, -0.2) is 4.68 Å². The molecule has 1 fully saturated rings. The number of hydrogen-bond acceptors (Lipinski definition) is 5. The molecule has 0 aliphatic carbocycles. The van der Waals surface area contributed by atoms with Gasteiger partial charge in [-0.05, 0) is 43.7 Å². The number of hydrogen-bond donors (Lipinski definition) is 1. The van der Waals surface area contributed by atoms with Crippen molar-refractivity contribution in [2.24, 2.45) is 0 Å². The molecule has 1 aliphatic rings. The lowest BCUT2D eigenvalue weighted by Gasteiger charge is -2.36. The monoisotopic (exact) mass is 438 g/mol. The van der Waals surface area contributed by atoms with Gasteiger partial charge in [-0.15, -0.1) is 5.10 Å². The molecule has 1 aromatic heterocycles. The third-order valence-corrected chi connectivity index (χ3v) is 5.83. The fourth-order valence-electron chi connectivity index (χ4n) is 3.74. The number of nitrogens with zero attached hydrogens (tertiary/aromatic N) is 5. The SMILES string of the molecule is O=C(NCCCCN1CCN(c2ccccc2)CC1)c1cn(-c2ccccc2Cl)nn1. The number of halogens is 1. The first-order valence-electron chi connectivity index (χ1n) is 10.7. The van der Waals surface area contributed by atoms with Crippen LogP contribution in [-0.2, 0) is 0 Å². The molecule has 0 unspecified atom stereocenters. The molecule has 7 nitrogen and oxygen atoms in total. The highest BCUT2D eigenvalue weighted by atomic mass is 35.5. The van der Waals surface area contributed by atoms with Crippen molar-refractivity contribution in [3.05, 3.63) is 71.5 Å². The van der Waals surface area contributed by atoms with Crippen molar-refractivity contribution in [1.82, 2.24) is 25.2 Å². The zero-order valence-electron chi connectivity index (χ0n) is 17.5. The van der Waals surface area contributed by atoms with Gasteiger partial charge in [0, 0.05) is 38.4 Å². The van der Waals surface area contributed by atoms with E-state index in [0.29, 0.717) is 17.3 Å². The number of carbonyl (C=O) groups is 1. The Balaban J connectivity index is 1.14. The highest BCUT2D eigenvalue weighted by Gasteiger charge is 2.17. The quantitative estimate of drug-likeness (QED) is 0.547. The highest BCUT2D eigenvalue weighted by Crippen LogP contribution is 2.19. The number of para-hydroxylation sites is 2. The van der Waals surface area contributed by atoms with Crippen molar-refractivity contribution in [3.8, 4) is 5.69 Å². The Hall–Kier alpha value is -2.90. The molecule has 4 rings (SSSR count). The average molecular weight is 439 g/mol. The molecular weight excluding hydrogens is 412 g/mol. The standard InChI is InChI=1S/C23H27ClN6O/c24-20-10-4-5-11-22(20)30-18-21(26-27-30)23(31)25-12-6-7-13-28-14-16-29(17-15-28)19-8-2-1-3-9-19/h1-5,8-11,18H,6-7,12-17H2,(H,25,31). The Morgan fingerprint density at radius 3 is 2.48 bits per heavy atom. The van der Waals surface area contributed by atoms with Gasteiger partial charge in [0.2, 0.25) is 0 Å². The molecule has 2 aromatic carbocycles. The van der Waals surface area contributed by atoms with E-state index in [-0.39, 0.29) is 11.6 Å². The van der Waals surface area contributed by atoms with E-state index in [4.69, 9.17) is 11.6 Å². The molecule has 0 atom stereocenters. The van der Waals surface area contributed by atoms with Crippen molar-refractivity contribution in [3.63, 3.8) is 0 Å². The van der Waals surface area contributed by atoms with Gasteiger partial charge in [-0.2, -0.15) is 0 Å². The summed E-state index contributed by atoms with van der Waals surface area (Å²) in [5.74, 6) is -0.213. The van der Waals surface area contributed by atoms with Crippen molar-refractivity contribution >= 4 is 23.2 Å². The smallest absolute Gasteiger partial charge is 0.273 e. The molecule has 1 amide bonds. The molecule has 162 valence electrons. The molecule has 2 heterocycles. The number of aromatic nitrogens is 3. The second kappa shape index (κ2) is 10.4. The van der Waals surface area contributed by atoms with E-state index in [2.05, 4.69) is 55.8 Å². The Labute approximate surface area is 187 Å². The van der Waals surface area contributed by atoms with E-state index < -0.39 is 0 Å². The van der Waals surface area contributed by atoms with Crippen LogP contribution < -0.4 is 10.2 Å². The van der Waals surface area contributed by atoms with Crippen molar-refractivity contribution in [2.45, 2.75) is 12.8 Å². The van der Waals surface area contributed by atoms with Crippen molar-refractivity contribution in [2.75, 3.05) is 44.2 Å². The number of carbonyl (C=O) groups excluding carboxylic acids is 1. The largest absolute Gasteiger partial charge is 0.369 e. The van der Waals surface area contributed by atoms with Gasteiger partial charge in [-0.3, -0.25) is 9.69 Å². The van der Waals surface area contributed by atoms with E-state index in [1.165, 1.54) is 10.4 Å². The van der Waals surface area contributed by atoms with E-state index in [0.717, 1.165) is 45.6 Å². The van der Waals surface area contributed by atoms with Crippen LogP contribution in [0.3, 0.4) is 0 Å². The third-order valence-electron chi connectivity index (χ3n) is 5.51. The number of amides is 1. The Morgan fingerprint density at radius 2 is 1.71 bits per heavy atom. The summed E-state index contributed by atoms with van der Waals surface area (Å²) in [6.45, 7) is 5.95.